The fourth-order valence-corrected chi connectivity index (χ4v) is 4.53. The summed E-state index contributed by atoms with van der Waals surface area (Å²) >= 11 is 0. The molecular formula is C16H20N2O2. The first-order valence-electron chi connectivity index (χ1n) is 7.45. The van der Waals surface area contributed by atoms with Crippen LogP contribution in [0.3, 0.4) is 0 Å². The fraction of sp³-hybridized carbons (Fsp3) is 0.562. The number of carboxylic acid groups (broad SMARTS) is 1. The van der Waals surface area contributed by atoms with Crippen LogP contribution in [0.1, 0.15) is 35.8 Å². The minimum absolute atomic E-state index is 0.233. The molecule has 1 aromatic carbocycles. The quantitative estimate of drug-likeness (QED) is 0.822. The van der Waals surface area contributed by atoms with Crippen LogP contribution in [0.4, 0.5) is 5.69 Å². The minimum atomic E-state index is -0.650. The van der Waals surface area contributed by atoms with E-state index in [0.29, 0.717) is 24.4 Å². The zero-order valence-electron chi connectivity index (χ0n) is 11.7. The molecule has 0 radical (unpaired) electrons. The number of carbonyl (C=O) groups is 1. The molecule has 1 fully saturated rings. The van der Waals surface area contributed by atoms with Gasteiger partial charge in [-0.1, -0.05) is 12.1 Å². The Morgan fingerprint density at radius 1 is 1.40 bits per heavy atom. The number of hydrogen-bond donors (Lipinski definition) is 2. The van der Waals surface area contributed by atoms with Gasteiger partial charge in [-0.15, -0.1) is 0 Å². The van der Waals surface area contributed by atoms with Crippen LogP contribution in [-0.2, 0) is 4.79 Å². The number of rotatable bonds is 1. The summed E-state index contributed by atoms with van der Waals surface area (Å²) in [4.78, 5) is 13.7. The van der Waals surface area contributed by atoms with Gasteiger partial charge in [0.25, 0.3) is 0 Å². The Kier molecular flexibility index (Phi) is 2.58. The predicted octanol–water partition coefficient (Wildman–Crippen LogP) is 2.09. The van der Waals surface area contributed by atoms with E-state index < -0.39 is 5.97 Å². The molecule has 2 heterocycles. The van der Waals surface area contributed by atoms with Crippen LogP contribution in [0, 0.1) is 5.92 Å². The van der Waals surface area contributed by atoms with Gasteiger partial charge in [-0.3, -0.25) is 4.79 Å². The Morgan fingerprint density at radius 2 is 2.25 bits per heavy atom. The van der Waals surface area contributed by atoms with Crippen LogP contribution < -0.4 is 5.32 Å². The summed E-state index contributed by atoms with van der Waals surface area (Å²) in [6, 6.07) is 6.97. The van der Waals surface area contributed by atoms with Gasteiger partial charge >= 0.3 is 5.97 Å². The highest BCUT2D eigenvalue weighted by Crippen LogP contribution is 2.50. The smallest absolute Gasteiger partial charge is 0.307 e. The van der Waals surface area contributed by atoms with Gasteiger partial charge in [-0.25, -0.2) is 0 Å². The van der Waals surface area contributed by atoms with Gasteiger partial charge in [0.1, 0.15) is 0 Å². The molecule has 4 atom stereocenters. The van der Waals surface area contributed by atoms with E-state index in [1.165, 1.54) is 16.8 Å². The Hall–Kier alpha value is -1.55. The van der Waals surface area contributed by atoms with Gasteiger partial charge in [0, 0.05) is 36.7 Å². The number of carboxylic acids is 1. The molecule has 3 aliphatic rings. The van der Waals surface area contributed by atoms with Crippen molar-refractivity contribution in [1.82, 2.24) is 4.90 Å². The lowest BCUT2D eigenvalue weighted by atomic mass is 9.68. The van der Waals surface area contributed by atoms with Crippen molar-refractivity contribution in [1.29, 1.82) is 0 Å². The standard InChI is InChI=1S/C16H20N2O2/c1-18-8-10(16(19)20)5-12-11-3-2-4-13-15(11)9(7-17-13)6-14(12)18/h2-4,9-10,12,14,17H,5-8H2,1H3,(H,19,20). The molecule has 0 saturated carbocycles. The number of fused-ring (bicyclic) bond motifs is 2. The number of piperidine rings is 1. The summed E-state index contributed by atoms with van der Waals surface area (Å²) in [7, 11) is 2.09. The van der Waals surface area contributed by atoms with Gasteiger partial charge < -0.3 is 15.3 Å². The third kappa shape index (κ3) is 1.61. The molecule has 4 heteroatoms. The van der Waals surface area contributed by atoms with Gasteiger partial charge in [-0.05, 0) is 37.1 Å². The average molecular weight is 272 g/mol. The van der Waals surface area contributed by atoms with E-state index in [4.69, 9.17) is 0 Å². The molecule has 4 unspecified atom stereocenters. The normalized spacial score (nSPS) is 35.0. The molecule has 4 nitrogen and oxygen atoms in total. The van der Waals surface area contributed by atoms with Crippen molar-refractivity contribution >= 4 is 11.7 Å². The lowest BCUT2D eigenvalue weighted by Crippen LogP contribution is -2.49. The van der Waals surface area contributed by atoms with Gasteiger partial charge in [-0.2, -0.15) is 0 Å². The monoisotopic (exact) mass is 272 g/mol. The number of anilines is 1. The van der Waals surface area contributed by atoms with E-state index in [-0.39, 0.29) is 5.92 Å². The average Bonchev–Trinajstić information content (AvgIpc) is 2.84. The Bertz CT molecular complexity index is 572. The van der Waals surface area contributed by atoms with E-state index in [1.54, 1.807) is 0 Å². The van der Waals surface area contributed by atoms with Crippen molar-refractivity contribution in [3.05, 3.63) is 29.3 Å². The van der Waals surface area contributed by atoms with Crippen molar-refractivity contribution in [3.63, 3.8) is 0 Å². The summed E-state index contributed by atoms with van der Waals surface area (Å²) in [5, 5.41) is 12.9. The molecule has 0 spiro atoms. The highest BCUT2D eigenvalue weighted by molar-refractivity contribution is 5.71. The van der Waals surface area contributed by atoms with E-state index >= 15 is 0 Å². The topological polar surface area (TPSA) is 52.6 Å². The van der Waals surface area contributed by atoms with E-state index in [0.717, 1.165) is 19.4 Å². The lowest BCUT2D eigenvalue weighted by Gasteiger charge is -2.46. The maximum Gasteiger partial charge on any atom is 0.307 e. The largest absolute Gasteiger partial charge is 0.481 e. The maximum atomic E-state index is 11.4. The first kappa shape index (κ1) is 12.2. The van der Waals surface area contributed by atoms with Crippen LogP contribution in [-0.4, -0.2) is 42.2 Å². The number of nitrogens with one attached hydrogen (secondary N) is 1. The zero-order valence-corrected chi connectivity index (χ0v) is 11.7. The van der Waals surface area contributed by atoms with E-state index in [9.17, 15) is 9.90 Å². The molecule has 0 amide bonds. The van der Waals surface area contributed by atoms with Crippen molar-refractivity contribution in [2.45, 2.75) is 30.7 Å². The van der Waals surface area contributed by atoms with Crippen LogP contribution >= 0.6 is 0 Å². The summed E-state index contributed by atoms with van der Waals surface area (Å²) in [6.45, 7) is 1.72. The third-order valence-electron chi connectivity index (χ3n) is 5.44. The Labute approximate surface area is 118 Å². The molecule has 2 N–H and O–H groups in total. The number of hydrogen-bond acceptors (Lipinski definition) is 3. The number of likely N-dealkylation sites (N-methyl/N-ethyl adjacent to an activating group) is 1. The summed E-state index contributed by atoms with van der Waals surface area (Å²) in [6.07, 6.45) is 1.94. The molecule has 0 aromatic heterocycles. The van der Waals surface area contributed by atoms with E-state index in [2.05, 4.69) is 35.5 Å². The fourth-order valence-electron chi connectivity index (χ4n) is 4.53. The van der Waals surface area contributed by atoms with Crippen molar-refractivity contribution in [3.8, 4) is 0 Å². The highest BCUT2D eigenvalue weighted by atomic mass is 16.4. The van der Waals surface area contributed by atoms with Crippen LogP contribution in [0.2, 0.25) is 0 Å². The lowest BCUT2D eigenvalue weighted by molar-refractivity contribution is -0.144. The van der Waals surface area contributed by atoms with Crippen LogP contribution in [0.5, 0.6) is 0 Å². The number of aliphatic carboxylic acids is 1. The van der Waals surface area contributed by atoms with Crippen LogP contribution in [0.25, 0.3) is 0 Å². The number of likely N-dealkylation sites (tertiary alicyclic amines) is 1. The second-order valence-corrected chi connectivity index (χ2v) is 6.51. The van der Waals surface area contributed by atoms with Gasteiger partial charge in [0.05, 0.1) is 5.92 Å². The number of nitrogens with zero attached hydrogens (tertiary/aromatic N) is 1. The summed E-state index contributed by atoms with van der Waals surface area (Å²) < 4.78 is 0. The molecular weight excluding hydrogens is 252 g/mol. The first-order valence-corrected chi connectivity index (χ1v) is 7.45. The highest BCUT2D eigenvalue weighted by Gasteiger charge is 2.45. The summed E-state index contributed by atoms with van der Waals surface area (Å²) in [5.41, 5.74) is 4.13. The summed E-state index contributed by atoms with van der Waals surface area (Å²) in [5.74, 6) is 0.0957. The molecule has 1 aromatic rings. The molecule has 0 bridgehead atoms. The SMILES string of the molecule is CN1CC(C(=O)O)CC2c3cccc4c3C(CN4)CC21. The molecule has 1 saturated heterocycles. The van der Waals surface area contributed by atoms with Crippen LogP contribution in [0.15, 0.2) is 18.2 Å². The second kappa shape index (κ2) is 4.22. The maximum absolute atomic E-state index is 11.4. The van der Waals surface area contributed by atoms with Gasteiger partial charge in [0.15, 0.2) is 0 Å². The Balaban J connectivity index is 1.78. The van der Waals surface area contributed by atoms with Crippen molar-refractivity contribution < 1.29 is 9.90 Å². The molecule has 20 heavy (non-hydrogen) atoms. The van der Waals surface area contributed by atoms with E-state index in [1.807, 2.05) is 0 Å². The van der Waals surface area contributed by atoms with Crippen molar-refractivity contribution in [2.75, 3.05) is 25.5 Å². The minimum Gasteiger partial charge on any atom is -0.481 e. The van der Waals surface area contributed by atoms with Gasteiger partial charge in [0.2, 0.25) is 0 Å². The molecule has 1 aliphatic carbocycles. The predicted molar refractivity (Wildman–Crippen MR) is 77.2 cm³/mol. The third-order valence-corrected chi connectivity index (χ3v) is 5.44. The molecule has 4 rings (SSSR count). The molecule has 2 aliphatic heterocycles. The molecule has 106 valence electrons. The first-order chi connectivity index (χ1) is 9.65. The zero-order chi connectivity index (χ0) is 13.9. The van der Waals surface area contributed by atoms with Crippen molar-refractivity contribution in [2.24, 2.45) is 5.92 Å². The number of benzene rings is 1. The Morgan fingerprint density at radius 3 is 3.05 bits per heavy atom. The second-order valence-electron chi connectivity index (χ2n) is 6.51.